The number of carbonyl (C=O) groups is 1. The fraction of sp³-hybridized carbons (Fsp3) is 0.308. The van der Waals surface area contributed by atoms with Gasteiger partial charge in [-0.2, -0.15) is 0 Å². The number of fused-ring (bicyclic) bond motifs is 1. The maximum absolute atomic E-state index is 11.9. The van der Waals surface area contributed by atoms with Gasteiger partial charge >= 0.3 is 0 Å². The number of pyridine rings is 1. The first-order valence-corrected chi connectivity index (χ1v) is 10.9. The van der Waals surface area contributed by atoms with E-state index >= 15 is 0 Å². The number of ether oxygens (including phenoxy) is 2. The molecule has 2 aromatic heterocycles. The average Bonchev–Trinajstić information content (AvgIpc) is 3.42. The van der Waals surface area contributed by atoms with Crippen molar-refractivity contribution in [1.82, 2.24) is 14.5 Å². The number of carbonyl (C=O) groups excluding carboxylic acids is 1. The summed E-state index contributed by atoms with van der Waals surface area (Å²) in [5, 5.41) is 0. The Morgan fingerprint density at radius 1 is 1.16 bits per heavy atom. The van der Waals surface area contributed by atoms with E-state index in [4.69, 9.17) is 19.4 Å². The van der Waals surface area contributed by atoms with Gasteiger partial charge in [-0.1, -0.05) is 12.6 Å². The third kappa shape index (κ3) is 3.74. The van der Waals surface area contributed by atoms with E-state index in [9.17, 15) is 4.79 Å². The van der Waals surface area contributed by atoms with Crippen molar-refractivity contribution in [2.45, 2.75) is 45.1 Å². The van der Waals surface area contributed by atoms with Crippen LogP contribution in [0.5, 0.6) is 11.5 Å². The van der Waals surface area contributed by atoms with Crippen molar-refractivity contribution in [2.24, 2.45) is 0 Å². The van der Waals surface area contributed by atoms with Crippen LogP contribution in [0.4, 0.5) is 0 Å². The maximum atomic E-state index is 11.9. The number of benzene rings is 1. The maximum Gasteiger partial charge on any atom is 0.231 e. The minimum Gasteiger partial charge on any atom is -0.454 e. The molecule has 6 nitrogen and oxygen atoms in total. The van der Waals surface area contributed by atoms with Gasteiger partial charge in [0, 0.05) is 36.6 Å². The molecule has 0 N–H and O–H groups in total. The number of allylic oxidation sites excluding steroid dienone is 1. The van der Waals surface area contributed by atoms with Crippen LogP contribution in [-0.4, -0.2) is 27.1 Å². The van der Waals surface area contributed by atoms with Gasteiger partial charge in [-0.05, 0) is 56.2 Å². The summed E-state index contributed by atoms with van der Waals surface area (Å²) in [6.07, 6.45) is 4.74. The first kappa shape index (κ1) is 20.3. The Balaban J connectivity index is 1.72. The van der Waals surface area contributed by atoms with Gasteiger partial charge in [-0.3, -0.25) is 9.78 Å². The molecule has 0 saturated heterocycles. The predicted molar refractivity (Wildman–Crippen MR) is 122 cm³/mol. The van der Waals surface area contributed by atoms with Gasteiger partial charge in [0.05, 0.1) is 11.4 Å². The fourth-order valence-electron chi connectivity index (χ4n) is 4.51. The number of rotatable bonds is 5. The molecule has 1 saturated carbocycles. The number of hydrogen-bond donors (Lipinski definition) is 0. The smallest absolute Gasteiger partial charge is 0.231 e. The van der Waals surface area contributed by atoms with Crippen molar-refractivity contribution in [3.05, 3.63) is 66.3 Å². The first-order chi connectivity index (χ1) is 15.6. The van der Waals surface area contributed by atoms with Gasteiger partial charge in [0.1, 0.15) is 17.3 Å². The zero-order chi connectivity index (χ0) is 22.1. The Morgan fingerprint density at radius 3 is 2.75 bits per heavy atom. The van der Waals surface area contributed by atoms with Crippen molar-refractivity contribution in [3.63, 3.8) is 0 Å². The third-order valence-electron chi connectivity index (χ3n) is 6.10. The van der Waals surface area contributed by atoms with Crippen molar-refractivity contribution >= 4 is 5.78 Å². The van der Waals surface area contributed by atoms with Crippen LogP contribution in [0.2, 0.25) is 0 Å². The molecule has 2 aliphatic rings. The molecule has 0 atom stereocenters. The lowest BCUT2D eigenvalue weighted by atomic mass is 9.88. The summed E-state index contributed by atoms with van der Waals surface area (Å²) in [6, 6.07) is 11.9. The average molecular weight is 428 g/mol. The molecule has 1 aliphatic carbocycles. The Kier molecular flexibility index (Phi) is 5.38. The standard InChI is InChI=1S/C26H25N3O3/c1-3-4-14-29-25(19-10-13-22-23(15-19)32-16-31-22)24(21-7-5-6-17(2)27-21)28-26(29)18-8-11-20(30)12-9-18/h4-7,10,13,15,18H,1,8-9,11-12,14,16H2,2H3. The molecule has 1 fully saturated rings. The SMILES string of the molecule is C=C=CCn1c(C2CCC(=O)CC2)nc(-c2cccc(C)n2)c1-c1ccc2c(c1)OCO2. The van der Waals surface area contributed by atoms with Crippen LogP contribution in [0.15, 0.2) is 54.8 Å². The van der Waals surface area contributed by atoms with Crippen LogP contribution in [0.1, 0.15) is 43.1 Å². The second kappa shape index (κ2) is 8.48. The lowest BCUT2D eigenvalue weighted by Crippen LogP contribution is -2.17. The second-order valence-corrected chi connectivity index (χ2v) is 8.23. The second-order valence-electron chi connectivity index (χ2n) is 8.23. The molecule has 3 aromatic rings. The Labute approximate surface area is 187 Å². The van der Waals surface area contributed by atoms with Crippen molar-refractivity contribution < 1.29 is 14.3 Å². The van der Waals surface area contributed by atoms with Gasteiger partial charge in [-0.25, -0.2) is 4.98 Å². The topological polar surface area (TPSA) is 66.2 Å². The van der Waals surface area contributed by atoms with E-state index in [-0.39, 0.29) is 12.7 Å². The molecule has 0 amide bonds. The number of aryl methyl sites for hydroxylation is 1. The van der Waals surface area contributed by atoms with Gasteiger partial charge < -0.3 is 14.0 Å². The lowest BCUT2D eigenvalue weighted by molar-refractivity contribution is -0.120. The molecule has 3 heterocycles. The molecule has 162 valence electrons. The highest BCUT2D eigenvalue weighted by molar-refractivity contribution is 5.80. The van der Waals surface area contributed by atoms with Crippen LogP contribution in [0.25, 0.3) is 22.6 Å². The number of hydrogen-bond acceptors (Lipinski definition) is 5. The molecule has 1 aromatic carbocycles. The Morgan fingerprint density at radius 2 is 1.97 bits per heavy atom. The van der Waals surface area contributed by atoms with Crippen LogP contribution in [-0.2, 0) is 11.3 Å². The van der Waals surface area contributed by atoms with Crippen LogP contribution in [0, 0.1) is 6.92 Å². The summed E-state index contributed by atoms with van der Waals surface area (Å²) in [4.78, 5) is 21.8. The summed E-state index contributed by atoms with van der Waals surface area (Å²) in [6.45, 7) is 6.54. The number of aromatic nitrogens is 3. The van der Waals surface area contributed by atoms with E-state index < -0.39 is 0 Å². The normalized spacial score (nSPS) is 15.6. The largest absolute Gasteiger partial charge is 0.454 e. The van der Waals surface area contributed by atoms with Crippen molar-refractivity contribution in [1.29, 1.82) is 0 Å². The van der Waals surface area contributed by atoms with E-state index in [1.54, 1.807) is 0 Å². The summed E-state index contributed by atoms with van der Waals surface area (Å²) in [5.41, 5.74) is 7.44. The number of Topliss-reactive ketones (excluding diaryl/α,β-unsaturated/α-hetero) is 1. The molecular weight excluding hydrogens is 402 g/mol. The first-order valence-electron chi connectivity index (χ1n) is 10.9. The molecule has 0 radical (unpaired) electrons. The van der Waals surface area contributed by atoms with Crippen LogP contribution >= 0.6 is 0 Å². The van der Waals surface area contributed by atoms with E-state index in [0.717, 1.165) is 58.5 Å². The van der Waals surface area contributed by atoms with Gasteiger partial charge in [0.25, 0.3) is 0 Å². The molecule has 1 aliphatic heterocycles. The third-order valence-corrected chi connectivity index (χ3v) is 6.10. The minimum absolute atomic E-state index is 0.220. The monoisotopic (exact) mass is 427 g/mol. The molecule has 0 bridgehead atoms. The predicted octanol–water partition coefficient (Wildman–Crippen LogP) is 5.22. The Bertz CT molecular complexity index is 1230. The molecule has 32 heavy (non-hydrogen) atoms. The van der Waals surface area contributed by atoms with Gasteiger partial charge in [-0.15, -0.1) is 5.73 Å². The quantitative estimate of drug-likeness (QED) is 0.523. The highest BCUT2D eigenvalue weighted by Gasteiger charge is 2.29. The zero-order valence-corrected chi connectivity index (χ0v) is 18.1. The fourth-order valence-corrected chi connectivity index (χ4v) is 4.51. The van der Waals surface area contributed by atoms with Crippen molar-refractivity contribution in [2.75, 3.05) is 6.79 Å². The molecule has 0 unspecified atom stereocenters. The highest BCUT2D eigenvalue weighted by Crippen LogP contribution is 2.41. The van der Waals surface area contributed by atoms with E-state index in [2.05, 4.69) is 16.9 Å². The molecular formula is C26H25N3O3. The molecule has 6 heteroatoms. The Hall–Kier alpha value is -3.63. The molecule has 0 spiro atoms. The summed E-state index contributed by atoms with van der Waals surface area (Å²) in [7, 11) is 0. The van der Waals surface area contributed by atoms with E-state index in [1.807, 2.05) is 49.4 Å². The summed E-state index contributed by atoms with van der Waals surface area (Å²) < 4.78 is 13.4. The van der Waals surface area contributed by atoms with E-state index in [1.165, 1.54) is 0 Å². The van der Waals surface area contributed by atoms with Gasteiger partial charge in [0.2, 0.25) is 6.79 Å². The lowest BCUT2D eigenvalue weighted by Gasteiger charge is -2.22. The summed E-state index contributed by atoms with van der Waals surface area (Å²) >= 11 is 0. The van der Waals surface area contributed by atoms with Crippen LogP contribution in [0.3, 0.4) is 0 Å². The molecule has 5 rings (SSSR count). The van der Waals surface area contributed by atoms with Crippen molar-refractivity contribution in [3.8, 4) is 34.1 Å². The highest BCUT2D eigenvalue weighted by atomic mass is 16.7. The van der Waals surface area contributed by atoms with Gasteiger partial charge in [0.15, 0.2) is 11.5 Å². The number of imidazole rings is 1. The number of nitrogens with zero attached hydrogens (tertiary/aromatic N) is 3. The number of ketones is 1. The minimum atomic E-state index is 0.220. The zero-order valence-electron chi connectivity index (χ0n) is 18.1. The van der Waals surface area contributed by atoms with E-state index in [0.29, 0.717) is 25.2 Å². The summed E-state index contributed by atoms with van der Waals surface area (Å²) in [5.74, 6) is 3.00. The van der Waals surface area contributed by atoms with Crippen LogP contribution < -0.4 is 9.47 Å².